The Bertz CT molecular complexity index is 166. The van der Waals surface area contributed by atoms with Gasteiger partial charge < -0.3 is 5.11 Å². The molecule has 0 bridgehead atoms. The number of carboxylic acids is 1. The monoisotopic (exact) mass is 198 g/mol. The number of aliphatic carboxylic acids is 1. The Hall–Kier alpha value is 0.390. The SMILES string of the molecule is CC(=O)O.CC1(C)OCC[CH]([Na])O1. The molecule has 5 heteroatoms. The molecule has 0 amide bonds. The van der Waals surface area contributed by atoms with E-state index in [1.54, 1.807) is 0 Å². The zero-order valence-electron chi connectivity index (χ0n) is 8.66. The van der Waals surface area contributed by atoms with Gasteiger partial charge in [-0.3, -0.25) is 4.79 Å². The molecular formula is C8H15NaO4. The molecule has 0 saturated carbocycles. The molecule has 1 fully saturated rings. The van der Waals surface area contributed by atoms with Crippen LogP contribution in [0.15, 0.2) is 0 Å². The Labute approximate surface area is 96.0 Å². The molecule has 0 radical (unpaired) electrons. The Morgan fingerprint density at radius 2 is 2.08 bits per heavy atom. The predicted octanol–water partition coefficient (Wildman–Crippen LogP) is 0.745. The molecule has 1 unspecified atom stereocenters. The van der Waals surface area contributed by atoms with Gasteiger partial charge in [0.1, 0.15) is 0 Å². The molecule has 1 N–H and O–H groups in total. The summed E-state index contributed by atoms with van der Waals surface area (Å²) in [7, 11) is 0. The average molecular weight is 198 g/mol. The summed E-state index contributed by atoms with van der Waals surface area (Å²) in [5, 5.41) is 7.42. The molecule has 0 aliphatic carbocycles. The topological polar surface area (TPSA) is 55.8 Å². The van der Waals surface area contributed by atoms with E-state index in [1.165, 1.54) is 0 Å². The van der Waals surface area contributed by atoms with Gasteiger partial charge in [-0.15, -0.1) is 0 Å². The Morgan fingerprint density at radius 3 is 2.31 bits per heavy atom. The number of carboxylic acid groups (broad SMARTS) is 1. The number of hydrogen-bond donors (Lipinski definition) is 1. The van der Waals surface area contributed by atoms with Crippen molar-refractivity contribution in [2.45, 2.75) is 36.3 Å². The van der Waals surface area contributed by atoms with Crippen LogP contribution >= 0.6 is 0 Å². The van der Waals surface area contributed by atoms with E-state index in [1.807, 2.05) is 13.8 Å². The second kappa shape index (κ2) is 5.98. The fraction of sp³-hybridized carbons (Fsp3) is 0.875. The third kappa shape index (κ3) is 8.71. The quantitative estimate of drug-likeness (QED) is 0.583. The summed E-state index contributed by atoms with van der Waals surface area (Å²) in [6, 6.07) is 0. The summed E-state index contributed by atoms with van der Waals surface area (Å²) in [6.07, 6.45) is 1.08. The van der Waals surface area contributed by atoms with Crippen molar-refractivity contribution < 1.29 is 19.4 Å². The fourth-order valence-electron chi connectivity index (χ4n) is 1.05. The van der Waals surface area contributed by atoms with Crippen LogP contribution in [0.4, 0.5) is 0 Å². The first-order valence-electron chi connectivity index (χ1n) is 4.35. The van der Waals surface area contributed by atoms with Crippen LogP contribution in [0.2, 0.25) is 0 Å². The molecular weight excluding hydrogens is 183 g/mol. The molecule has 1 saturated heterocycles. The van der Waals surface area contributed by atoms with Gasteiger partial charge in [-0.2, -0.15) is 0 Å². The molecule has 72 valence electrons. The molecule has 0 spiro atoms. The summed E-state index contributed by atoms with van der Waals surface area (Å²) in [4.78, 5) is 9.00. The predicted molar refractivity (Wildman–Crippen MR) is 48.6 cm³/mol. The number of ether oxygens (including phenoxy) is 2. The van der Waals surface area contributed by atoms with E-state index >= 15 is 0 Å². The molecule has 1 aliphatic rings. The van der Waals surface area contributed by atoms with Crippen LogP contribution in [0.5, 0.6) is 0 Å². The summed E-state index contributed by atoms with van der Waals surface area (Å²) < 4.78 is 11.3. The summed E-state index contributed by atoms with van der Waals surface area (Å²) in [6.45, 7) is 5.88. The first-order valence-corrected chi connectivity index (χ1v) is 5.50. The van der Waals surface area contributed by atoms with Crippen molar-refractivity contribution in [3.63, 3.8) is 0 Å². The first-order chi connectivity index (χ1) is 5.83. The molecule has 13 heavy (non-hydrogen) atoms. The molecule has 1 atom stereocenters. The van der Waals surface area contributed by atoms with Crippen LogP contribution in [0, 0.1) is 0 Å². The normalized spacial score (nSPS) is 25.8. The van der Waals surface area contributed by atoms with Crippen LogP contribution in [0.3, 0.4) is 0 Å². The summed E-state index contributed by atoms with van der Waals surface area (Å²) in [5.41, 5.74) is 0. The van der Waals surface area contributed by atoms with Crippen LogP contribution in [0.1, 0.15) is 27.2 Å². The van der Waals surface area contributed by atoms with Crippen molar-refractivity contribution in [1.29, 1.82) is 0 Å². The molecule has 0 aromatic carbocycles. The van der Waals surface area contributed by atoms with E-state index in [2.05, 4.69) is 0 Å². The Morgan fingerprint density at radius 1 is 1.62 bits per heavy atom. The van der Waals surface area contributed by atoms with E-state index in [0.717, 1.165) is 47.9 Å². The Balaban J connectivity index is 0.000000310. The molecule has 1 aliphatic heterocycles. The van der Waals surface area contributed by atoms with Crippen molar-refractivity contribution in [2.75, 3.05) is 6.61 Å². The van der Waals surface area contributed by atoms with Gasteiger partial charge in [0.2, 0.25) is 0 Å². The minimum atomic E-state index is -0.833. The number of carbonyl (C=O) groups is 1. The zero-order chi connectivity index (χ0) is 10.5. The third-order valence-corrected chi connectivity index (χ3v) is 2.27. The van der Waals surface area contributed by atoms with Crippen LogP contribution in [-0.4, -0.2) is 54.8 Å². The van der Waals surface area contributed by atoms with E-state index in [9.17, 15) is 0 Å². The van der Waals surface area contributed by atoms with E-state index < -0.39 is 5.97 Å². The van der Waals surface area contributed by atoms with E-state index in [0.29, 0.717) is 3.35 Å². The minimum absolute atomic E-state index is 0.315. The first kappa shape index (κ1) is 13.4. The van der Waals surface area contributed by atoms with Gasteiger partial charge in [-0.05, 0) is 0 Å². The molecule has 1 heterocycles. The van der Waals surface area contributed by atoms with Gasteiger partial charge in [0.25, 0.3) is 5.97 Å². The molecule has 0 aromatic rings. The van der Waals surface area contributed by atoms with Crippen molar-refractivity contribution in [3.8, 4) is 0 Å². The summed E-state index contributed by atoms with van der Waals surface area (Å²) in [5.74, 6) is -1.15. The Kier molecular flexibility index (Phi) is 6.16. The van der Waals surface area contributed by atoms with E-state index in [4.69, 9.17) is 19.4 Å². The zero-order valence-corrected chi connectivity index (χ0v) is 10.7. The molecule has 1 rings (SSSR count). The third-order valence-electron chi connectivity index (χ3n) is 1.46. The van der Waals surface area contributed by atoms with Crippen LogP contribution < -0.4 is 0 Å². The van der Waals surface area contributed by atoms with Crippen molar-refractivity contribution in [1.82, 2.24) is 0 Å². The van der Waals surface area contributed by atoms with Gasteiger partial charge in [-0.25, -0.2) is 0 Å². The van der Waals surface area contributed by atoms with Crippen molar-refractivity contribution in [2.24, 2.45) is 0 Å². The number of rotatable bonds is 0. The van der Waals surface area contributed by atoms with Gasteiger partial charge in [0.05, 0.1) is 0 Å². The van der Waals surface area contributed by atoms with Crippen molar-refractivity contribution >= 4 is 33.9 Å². The second-order valence-corrected chi connectivity index (χ2v) is 4.77. The van der Waals surface area contributed by atoms with Gasteiger partial charge in [0.15, 0.2) is 0 Å². The standard InChI is InChI=1S/C6H11O2.C2H4O2.Na/c1-6(2)7-4-3-5-8-6;1-2(3)4;/h4H,3,5H2,1-2H3;1H3,(H,3,4);. The molecule has 4 nitrogen and oxygen atoms in total. The molecule has 0 aromatic heterocycles. The van der Waals surface area contributed by atoms with Crippen LogP contribution in [0.25, 0.3) is 0 Å². The van der Waals surface area contributed by atoms with Crippen molar-refractivity contribution in [3.05, 3.63) is 0 Å². The van der Waals surface area contributed by atoms with Crippen LogP contribution in [-0.2, 0) is 14.3 Å². The van der Waals surface area contributed by atoms with E-state index in [-0.39, 0.29) is 5.79 Å². The fourth-order valence-corrected chi connectivity index (χ4v) is 1.85. The number of hydrogen-bond acceptors (Lipinski definition) is 3. The van der Waals surface area contributed by atoms with Gasteiger partial charge in [0, 0.05) is 6.92 Å². The second-order valence-electron chi connectivity index (χ2n) is 3.48. The summed E-state index contributed by atoms with van der Waals surface area (Å²) >= 11 is 1.12. The average Bonchev–Trinajstić information content (AvgIpc) is 1.81. The maximum atomic E-state index is 9.00. The van der Waals surface area contributed by atoms with Gasteiger partial charge >= 0.3 is 73.4 Å². The van der Waals surface area contributed by atoms with Gasteiger partial charge in [-0.1, -0.05) is 0 Å². The maximum absolute atomic E-state index is 9.00.